The van der Waals surface area contributed by atoms with Crippen molar-refractivity contribution in [2.45, 2.75) is 39.7 Å². The summed E-state index contributed by atoms with van der Waals surface area (Å²) in [5.41, 5.74) is -0.803. The molecule has 6 nitrogen and oxygen atoms in total. The molecular weight excluding hydrogens is 256 g/mol. The lowest BCUT2D eigenvalue weighted by atomic mass is 9.81. The van der Waals surface area contributed by atoms with E-state index in [1.54, 1.807) is 14.0 Å². The number of nitrogens with zero attached hydrogens (tertiary/aromatic N) is 2. The standard InChI is InChI=1S/C11H22N2O4S/c1-9(2)12(4)18(16,17)13-7-5-11(3,6-8-13)10(14)15/h9H,5-8H2,1-4H3,(H,14,15). The fourth-order valence-electron chi connectivity index (χ4n) is 1.87. The lowest BCUT2D eigenvalue weighted by Gasteiger charge is -2.38. The van der Waals surface area contributed by atoms with E-state index in [-0.39, 0.29) is 19.1 Å². The van der Waals surface area contributed by atoms with Crippen LogP contribution in [0.25, 0.3) is 0 Å². The molecule has 7 heteroatoms. The lowest BCUT2D eigenvalue weighted by Crippen LogP contribution is -2.50. The van der Waals surface area contributed by atoms with Gasteiger partial charge in [0, 0.05) is 26.2 Å². The van der Waals surface area contributed by atoms with Crippen LogP contribution >= 0.6 is 0 Å². The first-order chi connectivity index (χ1) is 8.11. The van der Waals surface area contributed by atoms with Crippen LogP contribution in [-0.2, 0) is 15.0 Å². The molecule has 1 N–H and O–H groups in total. The van der Waals surface area contributed by atoms with Crippen molar-refractivity contribution in [2.24, 2.45) is 5.41 Å². The number of rotatable bonds is 4. The van der Waals surface area contributed by atoms with Gasteiger partial charge in [0.2, 0.25) is 0 Å². The van der Waals surface area contributed by atoms with E-state index in [0.717, 1.165) is 0 Å². The zero-order valence-corrected chi connectivity index (χ0v) is 12.2. The number of aliphatic carboxylic acids is 1. The van der Waals surface area contributed by atoms with Gasteiger partial charge in [-0.2, -0.15) is 17.0 Å². The molecule has 0 radical (unpaired) electrons. The Morgan fingerprint density at radius 3 is 2.11 bits per heavy atom. The maximum atomic E-state index is 12.2. The average molecular weight is 278 g/mol. The molecule has 0 aliphatic carbocycles. The van der Waals surface area contributed by atoms with Crippen LogP contribution < -0.4 is 0 Å². The molecule has 1 aliphatic heterocycles. The summed E-state index contributed by atoms with van der Waals surface area (Å²) < 4.78 is 27.1. The normalized spacial score (nSPS) is 21.4. The van der Waals surface area contributed by atoms with E-state index in [1.165, 1.54) is 8.61 Å². The van der Waals surface area contributed by atoms with Gasteiger partial charge in [-0.1, -0.05) is 0 Å². The van der Waals surface area contributed by atoms with Crippen LogP contribution in [0.3, 0.4) is 0 Å². The summed E-state index contributed by atoms with van der Waals surface area (Å²) in [7, 11) is -1.92. The van der Waals surface area contributed by atoms with Crippen molar-refractivity contribution in [2.75, 3.05) is 20.1 Å². The molecule has 1 saturated heterocycles. The lowest BCUT2D eigenvalue weighted by molar-refractivity contribution is -0.150. The van der Waals surface area contributed by atoms with Gasteiger partial charge in [0.05, 0.1) is 5.41 Å². The molecule has 106 valence electrons. The maximum Gasteiger partial charge on any atom is 0.309 e. The van der Waals surface area contributed by atoms with Crippen molar-refractivity contribution in [1.82, 2.24) is 8.61 Å². The number of hydrogen-bond acceptors (Lipinski definition) is 3. The van der Waals surface area contributed by atoms with Crippen molar-refractivity contribution >= 4 is 16.2 Å². The van der Waals surface area contributed by atoms with Gasteiger partial charge in [0.25, 0.3) is 10.2 Å². The Kier molecular flexibility index (Phi) is 4.40. The summed E-state index contributed by atoms with van der Waals surface area (Å²) >= 11 is 0. The fraction of sp³-hybridized carbons (Fsp3) is 0.909. The molecule has 0 atom stereocenters. The largest absolute Gasteiger partial charge is 0.481 e. The topological polar surface area (TPSA) is 77.9 Å². The Hall–Kier alpha value is -0.660. The van der Waals surface area contributed by atoms with Gasteiger partial charge in [0.1, 0.15) is 0 Å². The van der Waals surface area contributed by atoms with Crippen LogP contribution in [0.5, 0.6) is 0 Å². The fourth-order valence-corrected chi connectivity index (χ4v) is 3.41. The zero-order chi connectivity index (χ0) is 14.1. The van der Waals surface area contributed by atoms with Gasteiger partial charge in [-0.25, -0.2) is 0 Å². The third kappa shape index (κ3) is 2.84. The molecular formula is C11H22N2O4S. The van der Waals surface area contributed by atoms with E-state index < -0.39 is 21.6 Å². The molecule has 1 aliphatic rings. The van der Waals surface area contributed by atoms with E-state index in [4.69, 9.17) is 5.11 Å². The van der Waals surface area contributed by atoms with Crippen LogP contribution in [0.1, 0.15) is 33.6 Å². The second kappa shape index (κ2) is 5.14. The van der Waals surface area contributed by atoms with Crippen molar-refractivity contribution in [1.29, 1.82) is 0 Å². The Bertz CT molecular complexity index is 411. The minimum absolute atomic E-state index is 0.109. The van der Waals surface area contributed by atoms with Gasteiger partial charge in [-0.3, -0.25) is 4.79 Å². The predicted molar refractivity (Wildman–Crippen MR) is 68.4 cm³/mol. The van der Waals surface area contributed by atoms with Gasteiger partial charge in [-0.05, 0) is 33.6 Å². The molecule has 0 saturated carbocycles. The van der Waals surface area contributed by atoms with Gasteiger partial charge >= 0.3 is 5.97 Å². The summed E-state index contributed by atoms with van der Waals surface area (Å²) in [6.07, 6.45) is 0.709. The smallest absolute Gasteiger partial charge is 0.309 e. The summed E-state index contributed by atoms with van der Waals surface area (Å²) in [5.74, 6) is -0.850. The minimum atomic E-state index is -3.46. The predicted octanol–water partition coefficient (Wildman–Crippen LogP) is 0.758. The van der Waals surface area contributed by atoms with E-state index in [1.807, 2.05) is 13.8 Å². The van der Waals surface area contributed by atoms with E-state index in [9.17, 15) is 13.2 Å². The highest BCUT2D eigenvalue weighted by Gasteiger charge is 2.41. The number of carbonyl (C=O) groups is 1. The molecule has 18 heavy (non-hydrogen) atoms. The minimum Gasteiger partial charge on any atom is -0.481 e. The van der Waals surface area contributed by atoms with Crippen LogP contribution in [-0.4, -0.2) is 54.3 Å². The molecule has 0 aromatic heterocycles. The number of carboxylic acids is 1. The molecule has 0 amide bonds. The van der Waals surface area contributed by atoms with Crippen LogP contribution in [0.15, 0.2) is 0 Å². The Labute approximate surface area is 109 Å². The zero-order valence-electron chi connectivity index (χ0n) is 11.4. The monoisotopic (exact) mass is 278 g/mol. The Morgan fingerprint density at radius 1 is 1.33 bits per heavy atom. The third-order valence-electron chi connectivity index (χ3n) is 3.76. The van der Waals surface area contributed by atoms with Crippen LogP contribution in [0.4, 0.5) is 0 Å². The average Bonchev–Trinajstić information content (AvgIpc) is 2.28. The Balaban J connectivity index is 2.77. The molecule has 0 aromatic rings. The van der Waals surface area contributed by atoms with Gasteiger partial charge in [0.15, 0.2) is 0 Å². The number of hydrogen-bond donors (Lipinski definition) is 1. The first kappa shape index (κ1) is 15.4. The molecule has 0 bridgehead atoms. The van der Waals surface area contributed by atoms with Crippen molar-refractivity contribution in [3.63, 3.8) is 0 Å². The van der Waals surface area contributed by atoms with E-state index in [0.29, 0.717) is 12.8 Å². The summed E-state index contributed by atoms with van der Waals surface area (Å²) in [5, 5.41) is 9.11. The molecule has 0 spiro atoms. The highest BCUT2D eigenvalue weighted by atomic mass is 32.2. The second-order valence-electron chi connectivity index (χ2n) is 5.38. The Morgan fingerprint density at radius 2 is 1.78 bits per heavy atom. The first-order valence-electron chi connectivity index (χ1n) is 6.08. The highest BCUT2D eigenvalue weighted by molar-refractivity contribution is 7.86. The van der Waals surface area contributed by atoms with E-state index >= 15 is 0 Å². The molecule has 1 heterocycles. The van der Waals surface area contributed by atoms with E-state index in [2.05, 4.69) is 0 Å². The third-order valence-corrected chi connectivity index (χ3v) is 5.93. The maximum absolute atomic E-state index is 12.2. The van der Waals surface area contributed by atoms with Crippen LogP contribution in [0, 0.1) is 5.41 Å². The summed E-state index contributed by atoms with van der Waals surface area (Å²) in [6, 6.07) is -0.109. The van der Waals surface area contributed by atoms with Crippen molar-refractivity contribution in [3.05, 3.63) is 0 Å². The van der Waals surface area contributed by atoms with Crippen molar-refractivity contribution in [3.8, 4) is 0 Å². The SMILES string of the molecule is CC(C)N(C)S(=O)(=O)N1CCC(C)(C(=O)O)CC1. The molecule has 0 aromatic carbocycles. The van der Waals surface area contributed by atoms with Gasteiger partial charge in [-0.15, -0.1) is 0 Å². The first-order valence-corrected chi connectivity index (χ1v) is 7.47. The molecule has 0 unspecified atom stereocenters. The van der Waals surface area contributed by atoms with Crippen LogP contribution in [0.2, 0.25) is 0 Å². The second-order valence-corrected chi connectivity index (χ2v) is 7.37. The van der Waals surface area contributed by atoms with Gasteiger partial charge < -0.3 is 5.11 Å². The molecule has 1 rings (SSSR count). The number of carboxylic acid groups (broad SMARTS) is 1. The van der Waals surface area contributed by atoms with Crippen molar-refractivity contribution < 1.29 is 18.3 Å². The summed E-state index contributed by atoms with van der Waals surface area (Å²) in [6.45, 7) is 5.82. The summed E-state index contributed by atoms with van der Waals surface area (Å²) in [4.78, 5) is 11.1. The number of piperidine rings is 1. The molecule has 1 fully saturated rings. The highest BCUT2D eigenvalue weighted by Crippen LogP contribution is 2.32. The quantitative estimate of drug-likeness (QED) is 0.823.